The first-order chi connectivity index (χ1) is 7.06. The summed E-state index contributed by atoms with van der Waals surface area (Å²) in [5, 5.41) is 27.1. The number of rotatable bonds is 4. The molecule has 0 aliphatic rings. The van der Waals surface area contributed by atoms with E-state index in [9.17, 15) is 15.0 Å². The number of carboxylic acids is 1. The first kappa shape index (κ1) is 15.2. The Morgan fingerprint density at radius 2 is 2.12 bits per heavy atom. The molecule has 1 aromatic rings. The summed E-state index contributed by atoms with van der Waals surface area (Å²) in [5.74, 6) is -1.27. The normalized spacial score (nSPS) is 11.4. The number of aromatic hydroxyl groups is 1. The molecule has 0 radical (unpaired) electrons. The Hall–Kier alpha value is -0.750. The number of carbonyl (C=O) groups is 1. The van der Waals surface area contributed by atoms with Crippen LogP contribution in [-0.2, 0) is 4.79 Å². The summed E-state index contributed by atoms with van der Waals surface area (Å²) >= 11 is 0. The Bertz CT molecular complexity index is 366. The number of aliphatic hydroxyl groups excluding tert-OH is 1. The second kappa shape index (κ2) is 6.75. The number of carboxylic acid groups (broad SMARTS) is 1. The van der Waals surface area contributed by atoms with Gasteiger partial charge >= 0.3 is 35.5 Å². The van der Waals surface area contributed by atoms with Crippen molar-refractivity contribution in [3.8, 4) is 11.5 Å². The van der Waals surface area contributed by atoms with Gasteiger partial charge in [-0.2, -0.15) is 0 Å². The van der Waals surface area contributed by atoms with Gasteiger partial charge in [0.1, 0.15) is 0 Å². The topological polar surface area (TPSA) is 87.0 Å². The molecule has 16 heavy (non-hydrogen) atoms. The van der Waals surface area contributed by atoms with Crippen molar-refractivity contribution in [2.24, 2.45) is 0 Å². The van der Waals surface area contributed by atoms with Gasteiger partial charge < -0.3 is 20.1 Å². The molecule has 6 heteroatoms. The second-order valence-electron chi connectivity index (χ2n) is 2.90. The third-order valence-corrected chi connectivity index (χ3v) is 1.83. The molecule has 3 N–H and O–H groups in total. The molecule has 0 saturated carbocycles. The van der Waals surface area contributed by atoms with Crippen LogP contribution in [0.2, 0.25) is 0 Å². The third-order valence-electron chi connectivity index (χ3n) is 1.83. The molecule has 0 aliphatic heterocycles. The zero-order valence-electron chi connectivity index (χ0n) is 8.17. The number of phenolic OH excluding ortho intramolecular Hbond substituents is 1. The van der Waals surface area contributed by atoms with Crippen molar-refractivity contribution in [3.63, 3.8) is 0 Å². The van der Waals surface area contributed by atoms with E-state index in [-0.39, 0.29) is 46.6 Å². The minimum atomic E-state index is -1.61. The predicted molar refractivity (Wildman–Crippen MR) is 59.0 cm³/mol. The summed E-state index contributed by atoms with van der Waals surface area (Å²) in [6.07, 6.45) is -1.61. The molecule has 1 unspecified atom stereocenters. The van der Waals surface area contributed by atoms with E-state index in [4.69, 9.17) is 9.84 Å². The first-order valence-corrected chi connectivity index (χ1v) is 4.42. The van der Waals surface area contributed by atoms with Gasteiger partial charge in [-0.05, 0) is 24.6 Å². The number of benzene rings is 1. The van der Waals surface area contributed by atoms with Gasteiger partial charge in [-0.15, -0.1) is 0 Å². The molecule has 84 valence electrons. The van der Waals surface area contributed by atoms with Gasteiger partial charge in [-0.3, -0.25) is 0 Å². The average Bonchev–Trinajstić information content (AvgIpc) is 2.20. The Labute approximate surface area is 115 Å². The van der Waals surface area contributed by atoms with Crippen molar-refractivity contribution >= 4 is 35.5 Å². The van der Waals surface area contributed by atoms with Gasteiger partial charge in [0.15, 0.2) is 17.6 Å². The van der Waals surface area contributed by atoms with Crippen LogP contribution in [0.1, 0.15) is 18.6 Å². The maximum absolute atomic E-state index is 10.5. The number of aliphatic carboxylic acids is 1. The van der Waals surface area contributed by atoms with Crippen molar-refractivity contribution < 1.29 is 24.9 Å². The van der Waals surface area contributed by atoms with Crippen LogP contribution in [0.4, 0.5) is 0 Å². The number of hydrogen-bond donors (Lipinski definition) is 3. The van der Waals surface area contributed by atoms with Crippen LogP contribution < -0.4 is 4.74 Å². The summed E-state index contributed by atoms with van der Waals surface area (Å²) < 4.78 is 5.05. The molecule has 0 aliphatic carbocycles. The van der Waals surface area contributed by atoms with Gasteiger partial charge in [-0.1, -0.05) is 6.07 Å². The standard InChI is InChI=1S/C10H12O5.Na.H/c1-2-15-8-5-6(3-4-7(8)11)9(12)10(13)14;;/h3-5,9,11-12H,2H2,1H3,(H,13,14);;. The van der Waals surface area contributed by atoms with Crippen molar-refractivity contribution in [2.45, 2.75) is 13.0 Å². The minimum absolute atomic E-state index is 0. The van der Waals surface area contributed by atoms with Gasteiger partial charge in [0, 0.05) is 0 Å². The third kappa shape index (κ3) is 3.68. The van der Waals surface area contributed by atoms with Crippen LogP contribution in [0.3, 0.4) is 0 Å². The van der Waals surface area contributed by atoms with E-state index in [1.54, 1.807) is 6.92 Å². The SMILES string of the molecule is CCOc1cc(C(O)C(=O)O)ccc1O.[NaH]. The summed E-state index contributed by atoms with van der Waals surface area (Å²) in [7, 11) is 0. The van der Waals surface area contributed by atoms with E-state index in [1.807, 2.05) is 0 Å². The molecule has 1 aromatic carbocycles. The monoisotopic (exact) mass is 236 g/mol. The Morgan fingerprint density at radius 1 is 1.50 bits per heavy atom. The number of hydrogen-bond acceptors (Lipinski definition) is 4. The molecule has 0 heterocycles. The summed E-state index contributed by atoms with van der Waals surface area (Å²) in [6.45, 7) is 2.08. The second-order valence-corrected chi connectivity index (χ2v) is 2.90. The molecule has 0 spiro atoms. The van der Waals surface area contributed by atoms with E-state index in [1.165, 1.54) is 18.2 Å². The molecule has 0 bridgehead atoms. The summed E-state index contributed by atoms with van der Waals surface area (Å²) in [6, 6.07) is 3.92. The van der Waals surface area contributed by atoms with Crippen molar-refractivity contribution in [1.82, 2.24) is 0 Å². The fraction of sp³-hybridized carbons (Fsp3) is 0.300. The van der Waals surface area contributed by atoms with Crippen molar-refractivity contribution in [1.29, 1.82) is 0 Å². The molecule has 0 amide bonds. The maximum atomic E-state index is 10.5. The fourth-order valence-electron chi connectivity index (χ4n) is 1.11. The Balaban J connectivity index is 0.00000225. The van der Waals surface area contributed by atoms with E-state index < -0.39 is 12.1 Å². The molecular formula is C10H13NaO5. The first-order valence-electron chi connectivity index (χ1n) is 4.42. The van der Waals surface area contributed by atoms with Crippen LogP contribution in [-0.4, -0.2) is 57.5 Å². The van der Waals surface area contributed by atoms with E-state index in [0.717, 1.165) is 0 Å². The fourth-order valence-corrected chi connectivity index (χ4v) is 1.11. The van der Waals surface area contributed by atoms with Crippen molar-refractivity contribution in [2.75, 3.05) is 6.61 Å². The van der Waals surface area contributed by atoms with E-state index in [0.29, 0.717) is 6.61 Å². The average molecular weight is 236 g/mol. The molecule has 0 fully saturated rings. The summed E-state index contributed by atoms with van der Waals surface area (Å²) in [4.78, 5) is 10.5. The van der Waals surface area contributed by atoms with Crippen LogP contribution in [0.15, 0.2) is 18.2 Å². The van der Waals surface area contributed by atoms with E-state index in [2.05, 4.69) is 0 Å². The number of phenols is 1. The predicted octanol–water partition coefficient (Wildman–Crippen LogP) is 0.260. The summed E-state index contributed by atoms with van der Waals surface area (Å²) in [5.41, 5.74) is 0.170. The quantitative estimate of drug-likeness (QED) is 0.653. The van der Waals surface area contributed by atoms with Crippen molar-refractivity contribution in [3.05, 3.63) is 23.8 Å². The molecule has 0 aromatic heterocycles. The molecule has 1 rings (SSSR count). The zero-order chi connectivity index (χ0) is 11.4. The van der Waals surface area contributed by atoms with Gasteiger partial charge in [0.05, 0.1) is 6.61 Å². The molecule has 0 saturated heterocycles. The molecule has 5 nitrogen and oxygen atoms in total. The Morgan fingerprint density at radius 3 is 2.62 bits per heavy atom. The number of aliphatic hydroxyl groups is 1. The molecule has 1 atom stereocenters. The van der Waals surface area contributed by atoms with Crippen LogP contribution in [0.5, 0.6) is 11.5 Å². The van der Waals surface area contributed by atoms with Gasteiger partial charge in [-0.25, -0.2) is 4.79 Å². The zero-order valence-corrected chi connectivity index (χ0v) is 8.17. The van der Waals surface area contributed by atoms with Crippen LogP contribution in [0.25, 0.3) is 0 Å². The van der Waals surface area contributed by atoms with E-state index >= 15 is 0 Å². The van der Waals surface area contributed by atoms with Gasteiger partial charge in [0.2, 0.25) is 0 Å². The Kier molecular flexibility index (Phi) is 6.43. The molecular weight excluding hydrogens is 223 g/mol. The van der Waals surface area contributed by atoms with Gasteiger partial charge in [0.25, 0.3) is 0 Å². The van der Waals surface area contributed by atoms with Crippen LogP contribution in [0, 0.1) is 0 Å². The number of ether oxygens (including phenoxy) is 1. The van der Waals surface area contributed by atoms with Crippen LogP contribution >= 0.6 is 0 Å².